The van der Waals surface area contributed by atoms with Gasteiger partial charge in [0.1, 0.15) is 0 Å². The molecule has 2 aliphatic rings. The first-order valence-electron chi connectivity index (χ1n) is 9.38. The fraction of sp³-hybridized carbons (Fsp3) is 0.700. The van der Waals surface area contributed by atoms with Crippen molar-refractivity contribution < 1.29 is 19.1 Å². The summed E-state index contributed by atoms with van der Waals surface area (Å²) in [5.74, 6) is 0.364. The Morgan fingerprint density at radius 2 is 1.67 bits per heavy atom. The van der Waals surface area contributed by atoms with Gasteiger partial charge in [-0.15, -0.1) is 0 Å². The zero-order valence-electron chi connectivity index (χ0n) is 14.6. The highest BCUT2D eigenvalue weighted by atomic mass is 16.5. The smallest absolute Gasteiger partial charge is 0.309 e. The largest absolute Gasteiger partial charge is 0.465 e. The van der Waals surface area contributed by atoms with Crippen LogP contribution in [-0.4, -0.2) is 25.2 Å². The first-order chi connectivity index (χ1) is 11.8. The molecule has 2 atom stereocenters. The Morgan fingerprint density at radius 3 is 2.38 bits per heavy atom. The van der Waals surface area contributed by atoms with Gasteiger partial charge in [0.25, 0.3) is 0 Å². The summed E-state index contributed by atoms with van der Waals surface area (Å²) in [6.07, 6.45) is 17.4. The summed E-state index contributed by atoms with van der Waals surface area (Å²) >= 11 is 0. The molecule has 0 radical (unpaired) electrons. The third kappa shape index (κ3) is 7.33. The Labute approximate surface area is 145 Å². The lowest BCUT2D eigenvalue weighted by atomic mass is 9.95. The van der Waals surface area contributed by atoms with E-state index in [9.17, 15) is 9.59 Å². The van der Waals surface area contributed by atoms with E-state index in [1.165, 1.54) is 0 Å². The van der Waals surface area contributed by atoms with Crippen LogP contribution in [0.25, 0.3) is 0 Å². The van der Waals surface area contributed by atoms with E-state index in [-0.39, 0.29) is 17.9 Å². The normalized spacial score (nSPS) is 23.0. The first-order valence-corrected chi connectivity index (χ1v) is 9.38. The molecule has 0 amide bonds. The van der Waals surface area contributed by atoms with Crippen LogP contribution < -0.4 is 0 Å². The van der Waals surface area contributed by atoms with Gasteiger partial charge in [0, 0.05) is 6.42 Å². The van der Waals surface area contributed by atoms with Crippen LogP contribution in [0.5, 0.6) is 0 Å². The maximum atomic E-state index is 11.8. The van der Waals surface area contributed by atoms with Gasteiger partial charge in [0.2, 0.25) is 0 Å². The molecule has 0 aromatic carbocycles. The molecule has 0 spiro atoms. The summed E-state index contributed by atoms with van der Waals surface area (Å²) < 4.78 is 10.7. The molecule has 0 fully saturated rings. The zero-order chi connectivity index (χ0) is 17.0. The van der Waals surface area contributed by atoms with Crippen molar-refractivity contribution in [3.8, 4) is 0 Å². The molecular weight excluding hydrogens is 304 g/mol. The molecule has 0 saturated carbocycles. The molecule has 2 rings (SSSR count). The molecule has 24 heavy (non-hydrogen) atoms. The molecule has 0 heterocycles. The molecule has 0 aliphatic heterocycles. The predicted octanol–water partition coefficient (Wildman–Crippen LogP) is 4.35. The summed E-state index contributed by atoms with van der Waals surface area (Å²) in [5.41, 5.74) is 0. The fourth-order valence-electron chi connectivity index (χ4n) is 3.14. The van der Waals surface area contributed by atoms with Crippen molar-refractivity contribution in [3.05, 3.63) is 24.3 Å². The Hall–Kier alpha value is -1.58. The quantitative estimate of drug-likeness (QED) is 0.357. The minimum atomic E-state index is -0.101. The summed E-state index contributed by atoms with van der Waals surface area (Å²) in [4.78, 5) is 23.5. The number of hydrogen-bond donors (Lipinski definition) is 0. The number of hydrogen-bond acceptors (Lipinski definition) is 4. The highest BCUT2D eigenvalue weighted by Crippen LogP contribution is 2.20. The average molecular weight is 334 g/mol. The summed E-state index contributed by atoms with van der Waals surface area (Å²) in [6.45, 7) is 1.01. The van der Waals surface area contributed by atoms with Crippen LogP contribution in [-0.2, 0) is 19.1 Å². The van der Waals surface area contributed by atoms with E-state index in [1.807, 2.05) is 0 Å². The van der Waals surface area contributed by atoms with Crippen molar-refractivity contribution in [3.63, 3.8) is 0 Å². The topological polar surface area (TPSA) is 52.6 Å². The van der Waals surface area contributed by atoms with Crippen molar-refractivity contribution in [1.82, 2.24) is 0 Å². The first kappa shape index (κ1) is 18.8. The number of allylic oxidation sites excluding steroid dienone is 4. The highest BCUT2D eigenvalue weighted by Gasteiger charge is 2.19. The molecule has 2 unspecified atom stereocenters. The number of ether oxygens (including phenoxy) is 2. The lowest BCUT2D eigenvalue weighted by Gasteiger charge is -2.17. The molecule has 134 valence electrons. The van der Waals surface area contributed by atoms with E-state index in [2.05, 4.69) is 24.3 Å². The lowest BCUT2D eigenvalue weighted by molar-refractivity contribution is -0.149. The van der Waals surface area contributed by atoms with Gasteiger partial charge < -0.3 is 9.47 Å². The standard InChI is InChI=1S/C20H30O4/c21-19(24-16-17-10-4-1-5-11-17)14-8-3-9-15-23-20(22)18-12-6-2-7-13-18/h1-2,4,6,17-18H,3,5,7-16H2. The minimum Gasteiger partial charge on any atom is -0.465 e. The molecular formula is C20H30O4. The average Bonchev–Trinajstić information content (AvgIpc) is 2.64. The van der Waals surface area contributed by atoms with Crippen LogP contribution in [0.2, 0.25) is 0 Å². The lowest BCUT2D eigenvalue weighted by Crippen LogP contribution is -2.19. The summed E-state index contributed by atoms with van der Waals surface area (Å²) in [7, 11) is 0. The molecule has 2 aliphatic carbocycles. The number of rotatable bonds is 9. The van der Waals surface area contributed by atoms with Crippen molar-refractivity contribution in [2.24, 2.45) is 11.8 Å². The summed E-state index contributed by atoms with van der Waals surface area (Å²) in [5, 5.41) is 0. The van der Waals surface area contributed by atoms with Gasteiger partial charge in [-0.05, 0) is 63.7 Å². The van der Waals surface area contributed by atoms with E-state index in [0.717, 1.165) is 57.8 Å². The number of unbranched alkanes of at least 4 members (excludes halogenated alkanes) is 2. The monoisotopic (exact) mass is 334 g/mol. The number of carbonyl (C=O) groups is 2. The SMILES string of the molecule is O=C(CCCCCOC(=O)C1CC=CCC1)OCC1CC=CCC1. The van der Waals surface area contributed by atoms with Crippen molar-refractivity contribution >= 4 is 11.9 Å². The minimum absolute atomic E-state index is 0.0413. The molecule has 0 aromatic heterocycles. The Kier molecular flexibility index (Phi) is 8.64. The van der Waals surface area contributed by atoms with Crippen LogP contribution in [0.1, 0.15) is 64.2 Å². The Balaban J connectivity index is 1.43. The molecule has 0 saturated heterocycles. The maximum Gasteiger partial charge on any atom is 0.309 e. The zero-order valence-corrected chi connectivity index (χ0v) is 14.6. The van der Waals surface area contributed by atoms with E-state index < -0.39 is 0 Å². The van der Waals surface area contributed by atoms with E-state index in [1.54, 1.807) is 0 Å². The second-order valence-corrected chi connectivity index (χ2v) is 6.79. The van der Waals surface area contributed by atoms with Gasteiger partial charge in [-0.25, -0.2) is 0 Å². The van der Waals surface area contributed by atoms with E-state index in [4.69, 9.17) is 9.47 Å². The Morgan fingerprint density at radius 1 is 0.875 bits per heavy atom. The number of esters is 2. The van der Waals surface area contributed by atoms with Gasteiger partial charge in [0.05, 0.1) is 19.1 Å². The van der Waals surface area contributed by atoms with Crippen LogP contribution in [0, 0.1) is 11.8 Å². The number of carbonyl (C=O) groups excluding carboxylic acids is 2. The molecule has 0 aromatic rings. The second-order valence-electron chi connectivity index (χ2n) is 6.79. The van der Waals surface area contributed by atoms with E-state index in [0.29, 0.717) is 25.6 Å². The highest BCUT2D eigenvalue weighted by molar-refractivity contribution is 5.72. The van der Waals surface area contributed by atoms with Crippen molar-refractivity contribution in [1.29, 1.82) is 0 Å². The molecule has 0 bridgehead atoms. The van der Waals surface area contributed by atoms with Gasteiger partial charge >= 0.3 is 11.9 Å². The second kappa shape index (κ2) is 11.1. The predicted molar refractivity (Wildman–Crippen MR) is 93.3 cm³/mol. The van der Waals surface area contributed by atoms with Crippen LogP contribution in [0.15, 0.2) is 24.3 Å². The van der Waals surface area contributed by atoms with E-state index >= 15 is 0 Å². The summed E-state index contributed by atoms with van der Waals surface area (Å²) in [6, 6.07) is 0. The van der Waals surface area contributed by atoms with Gasteiger partial charge in [-0.1, -0.05) is 24.3 Å². The van der Waals surface area contributed by atoms with Crippen molar-refractivity contribution in [2.45, 2.75) is 64.2 Å². The third-order valence-electron chi connectivity index (χ3n) is 4.73. The molecule has 4 heteroatoms. The van der Waals surface area contributed by atoms with Crippen molar-refractivity contribution in [2.75, 3.05) is 13.2 Å². The molecule has 0 N–H and O–H groups in total. The van der Waals surface area contributed by atoms with Crippen LogP contribution in [0.3, 0.4) is 0 Å². The third-order valence-corrected chi connectivity index (χ3v) is 4.73. The van der Waals surface area contributed by atoms with Gasteiger partial charge in [-0.2, -0.15) is 0 Å². The maximum absolute atomic E-state index is 11.8. The van der Waals surface area contributed by atoms with Crippen LogP contribution >= 0.6 is 0 Å². The van der Waals surface area contributed by atoms with Crippen LogP contribution in [0.4, 0.5) is 0 Å². The van der Waals surface area contributed by atoms with Gasteiger partial charge in [0.15, 0.2) is 0 Å². The Bertz CT molecular complexity index is 453. The molecule has 4 nitrogen and oxygen atoms in total. The fourth-order valence-corrected chi connectivity index (χ4v) is 3.14. The van der Waals surface area contributed by atoms with Gasteiger partial charge in [-0.3, -0.25) is 9.59 Å².